The second-order valence-electron chi connectivity index (χ2n) is 10.2. The number of ether oxygens (including phenoxy) is 1. The Morgan fingerprint density at radius 3 is 2.81 bits per heavy atom. The largest absolute Gasteiger partial charge is 0.489 e. The number of aromatic nitrogens is 3. The fourth-order valence-electron chi connectivity index (χ4n) is 6.18. The van der Waals surface area contributed by atoms with Gasteiger partial charge in [-0.15, -0.1) is 0 Å². The standard InChI is InChI=1S/C26H28ClF2N5O3/c1-13-24(27)14(2)34-25(30-13)19-11-32(12-20(19)31-34)26(36)18-4-3-15(29)7-23(18)37-17-8-16-9-22(35)21(10-17)33(16)6-5-28/h3-4,7,16-17,21-22,35H,5-6,8-12H2,1-2H3/t16?,17-,21?,22?/m0/s1. The quantitative estimate of drug-likeness (QED) is 0.541. The van der Waals surface area contributed by atoms with Crippen LogP contribution in [0, 0.1) is 19.7 Å². The van der Waals surface area contributed by atoms with Gasteiger partial charge in [0.1, 0.15) is 24.3 Å². The molecule has 11 heteroatoms. The van der Waals surface area contributed by atoms with E-state index in [0.29, 0.717) is 48.7 Å². The molecule has 3 unspecified atom stereocenters. The molecule has 3 aromatic rings. The molecule has 2 saturated heterocycles. The lowest BCUT2D eigenvalue weighted by Crippen LogP contribution is -2.49. The van der Waals surface area contributed by atoms with Crippen LogP contribution in [0.2, 0.25) is 5.02 Å². The molecule has 37 heavy (non-hydrogen) atoms. The second-order valence-corrected chi connectivity index (χ2v) is 10.6. The van der Waals surface area contributed by atoms with Gasteiger partial charge >= 0.3 is 0 Å². The highest BCUT2D eigenvalue weighted by atomic mass is 35.5. The summed E-state index contributed by atoms with van der Waals surface area (Å²) in [7, 11) is 0. The molecule has 8 nitrogen and oxygen atoms in total. The Kier molecular flexibility index (Phi) is 6.08. The molecule has 6 rings (SSSR count). The van der Waals surface area contributed by atoms with Crippen LogP contribution in [-0.4, -0.2) is 72.9 Å². The zero-order valence-corrected chi connectivity index (χ0v) is 21.4. The van der Waals surface area contributed by atoms with Gasteiger partial charge in [0, 0.05) is 36.7 Å². The highest BCUT2D eigenvalue weighted by molar-refractivity contribution is 6.31. The van der Waals surface area contributed by atoms with Crippen LogP contribution >= 0.6 is 11.6 Å². The predicted molar refractivity (Wildman–Crippen MR) is 132 cm³/mol. The Balaban J connectivity index is 1.23. The van der Waals surface area contributed by atoms with Crippen molar-refractivity contribution in [3.8, 4) is 5.75 Å². The Bertz CT molecular complexity index is 1400. The van der Waals surface area contributed by atoms with E-state index in [1.807, 2.05) is 18.7 Å². The smallest absolute Gasteiger partial charge is 0.258 e. The van der Waals surface area contributed by atoms with Gasteiger partial charge in [-0.1, -0.05) is 11.6 Å². The van der Waals surface area contributed by atoms with Crippen LogP contribution in [-0.2, 0) is 13.1 Å². The number of piperidine rings is 1. The molecule has 0 aliphatic carbocycles. The van der Waals surface area contributed by atoms with Crippen LogP contribution in [0.1, 0.15) is 52.3 Å². The van der Waals surface area contributed by atoms with Crippen LogP contribution in [0.5, 0.6) is 5.75 Å². The summed E-state index contributed by atoms with van der Waals surface area (Å²) in [4.78, 5) is 21.8. The van der Waals surface area contributed by atoms with Gasteiger partial charge in [-0.2, -0.15) is 5.10 Å². The minimum Gasteiger partial charge on any atom is -0.489 e. The van der Waals surface area contributed by atoms with Crippen LogP contribution < -0.4 is 4.74 Å². The van der Waals surface area contributed by atoms with E-state index >= 15 is 0 Å². The number of rotatable bonds is 5. The first-order valence-electron chi connectivity index (χ1n) is 12.5. The number of carbonyl (C=O) groups excluding carboxylic acids is 1. The summed E-state index contributed by atoms with van der Waals surface area (Å²) in [5.41, 5.74) is 4.06. The number of nitrogens with zero attached hydrogens (tertiary/aromatic N) is 5. The summed E-state index contributed by atoms with van der Waals surface area (Å²) < 4.78 is 35.2. The second kappa shape index (κ2) is 9.18. The van der Waals surface area contributed by atoms with Crippen LogP contribution in [0.15, 0.2) is 18.2 Å². The fourth-order valence-corrected chi connectivity index (χ4v) is 6.30. The number of carbonyl (C=O) groups is 1. The number of hydrogen-bond donors (Lipinski definition) is 1. The van der Waals surface area contributed by atoms with E-state index in [0.717, 1.165) is 17.0 Å². The van der Waals surface area contributed by atoms with Crippen molar-refractivity contribution in [2.24, 2.45) is 0 Å². The summed E-state index contributed by atoms with van der Waals surface area (Å²) in [6.07, 6.45) is 0.776. The van der Waals surface area contributed by atoms with Gasteiger partial charge in [0.2, 0.25) is 0 Å². The van der Waals surface area contributed by atoms with Gasteiger partial charge in [-0.3, -0.25) is 9.69 Å². The van der Waals surface area contributed by atoms with E-state index in [4.69, 9.17) is 16.3 Å². The predicted octanol–water partition coefficient (Wildman–Crippen LogP) is 3.61. The lowest BCUT2D eigenvalue weighted by atomic mass is 9.99. The normalized spacial score (nSPS) is 25.2. The number of aliphatic hydroxyl groups excluding tert-OH is 1. The molecular weight excluding hydrogens is 504 g/mol. The van der Waals surface area contributed by atoms with Crippen LogP contribution in [0.3, 0.4) is 0 Å². The number of alkyl halides is 1. The fraction of sp³-hybridized carbons (Fsp3) is 0.500. The Morgan fingerprint density at radius 1 is 1.24 bits per heavy atom. The molecule has 0 saturated carbocycles. The first kappa shape index (κ1) is 24.5. The molecule has 0 radical (unpaired) electrons. The zero-order chi connectivity index (χ0) is 26.0. The van der Waals surface area contributed by atoms with Crippen molar-refractivity contribution in [3.63, 3.8) is 0 Å². The minimum atomic E-state index is -0.544. The van der Waals surface area contributed by atoms with Crippen molar-refractivity contribution < 1.29 is 23.4 Å². The summed E-state index contributed by atoms with van der Waals surface area (Å²) in [5, 5.41) is 15.6. The Hall–Kier alpha value is -2.82. The molecule has 1 N–H and O–H groups in total. The molecule has 2 bridgehead atoms. The SMILES string of the molecule is Cc1nc2c3c(nn2c(C)c1Cl)CN(C(=O)c1ccc(F)cc1O[C@H]1CC2CC(O)C(C1)N2CCF)C3. The van der Waals surface area contributed by atoms with Crippen LogP contribution in [0.4, 0.5) is 8.78 Å². The van der Waals surface area contributed by atoms with E-state index in [1.165, 1.54) is 18.2 Å². The lowest BCUT2D eigenvalue weighted by Gasteiger charge is -2.38. The first-order chi connectivity index (χ1) is 17.7. The maximum Gasteiger partial charge on any atom is 0.258 e. The van der Waals surface area contributed by atoms with Crippen molar-refractivity contribution in [1.29, 1.82) is 0 Å². The number of hydrogen-bond acceptors (Lipinski definition) is 6. The average Bonchev–Trinajstić information content (AvgIpc) is 3.47. The van der Waals surface area contributed by atoms with Crippen molar-refractivity contribution in [3.05, 3.63) is 57.2 Å². The summed E-state index contributed by atoms with van der Waals surface area (Å²) in [6, 6.07) is 3.73. The van der Waals surface area contributed by atoms with E-state index in [2.05, 4.69) is 10.1 Å². The third-order valence-corrected chi connectivity index (χ3v) is 8.49. The summed E-state index contributed by atoms with van der Waals surface area (Å²) in [6.45, 7) is 4.13. The number of aliphatic hydroxyl groups is 1. The van der Waals surface area contributed by atoms with Crippen molar-refractivity contribution in [2.45, 2.75) is 70.5 Å². The van der Waals surface area contributed by atoms with Crippen molar-refractivity contribution in [1.82, 2.24) is 24.4 Å². The Labute approximate surface area is 217 Å². The van der Waals surface area contributed by atoms with E-state index in [1.54, 1.807) is 9.42 Å². The summed E-state index contributed by atoms with van der Waals surface area (Å²) in [5.74, 6) is -0.608. The molecule has 2 fully saturated rings. The average molecular weight is 532 g/mol. The molecule has 1 amide bonds. The lowest BCUT2D eigenvalue weighted by molar-refractivity contribution is 0.0219. The van der Waals surface area contributed by atoms with E-state index in [-0.39, 0.29) is 42.0 Å². The molecule has 196 valence electrons. The summed E-state index contributed by atoms with van der Waals surface area (Å²) >= 11 is 6.34. The molecular formula is C26H28ClF2N5O3. The number of benzene rings is 1. The molecule has 3 aliphatic rings. The number of fused-ring (bicyclic) bond motifs is 5. The van der Waals surface area contributed by atoms with Gasteiger partial charge in [-0.05, 0) is 38.8 Å². The molecule has 4 atom stereocenters. The first-order valence-corrected chi connectivity index (χ1v) is 12.9. The van der Waals surface area contributed by atoms with Gasteiger partial charge in [0.15, 0.2) is 5.65 Å². The highest BCUT2D eigenvalue weighted by Crippen LogP contribution is 2.38. The van der Waals surface area contributed by atoms with E-state index in [9.17, 15) is 18.7 Å². The molecule has 2 aromatic heterocycles. The zero-order valence-electron chi connectivity index (χ0n) is 20.6. The molecule has 3 aliphatic heterocycles. The Morgan fingerprint density at radius 2 is 2.05 bits per heavy atom. The number of aryl methyl sites for hydroxylation is 2. The molecule has 5 heterocycles. The number of halogens is 3. The van der Waals surface area contributed by atoms with Gasteiger partial charge < -0.3 is 14.7 Å². The maximum absolute atomic E-state index is 14.3. The van der Waals surface area contributed by atoms with Crippen molar-refractivity contribution in [2.75, 3.05) is 13.2 Å². The van der Waals surface area contributed by atoms with E-state index < -0.39 is 18.6 Å². The van der Waals surface area contributed by atoms with Gasteiger partial charge in [0.25, 0.3) is 5.91 Å². The third-order valence-electron chi connectivity index (χ3n) is 7.95. The minimum absolute atomic E-state index is 0.0000594. The molecule has 0 spiro atoms. The van der Waals surface area contributed by atoms with Gasteiger partial charge in [0.05, 0.1) is 46.9 Å². The highest BCUT2D eigenvalue weighted by Gasteiger charge is 2.46. The van der Waals surface area contributed by atoms with Gasteiger partial charge in [-0.25, -0.2) is 18.3 Å². The monoisotopic (exact) mass is 531 g/mol. The molecule has 1 aromatic carbocycles. The number of amides is 1. The van der Waals surface area contributed by atoms with Crippen LogP contribution in [0.25, 0.3) is 5.65 Å². The maximum atomic E-state index is 14.3. The van der Waals surface area contributed by atoms with Crippen molar-refractivity contribution >= 4 is 23.2 Å². The third kappa shape index (κ3) is 4.06. The topological polar surface area (TPSA) is 83.2 Å².